The molecular weight excluding hydrogens is 376 g/mol. The van der Waals surface area contributed by atoms with E-state index in [0.29, 0.717) is 5.92 Å². The number of hydrogen-bond donors (Lipinski definition) is 0. The molecule has 0 amide bonds. The molecule has 2 aromatic carbocycles. The van der Waals surface area contributed by atoms with Gasteiger partial charge < -0.3 is 0 Å². The first-order valence-electron chi connectivity index (χ1n) is 11.1. The summed E-state index contributed by atoms with van der Waals surface area (Å²) in [6.45, 7) is 8.29. The Morgan fingerprint density at radius 1 is 0.828 bits per heavy atom. The van der Waals surface area contributed by atoms with Crippen LogP contribution in [-0.4, -0.2) is 13.7 Å². The van der Waals surface area contributed by atoms with Crippen LogP contribution < -0.4 is 0 Å². The standard InChI is InChI=1S/C26H36O2S/c1-19(2)29(27,28)18-24-12-10-22(11-13-24)8-9-23-14-16-25(17-15-23)26-7-5-6-20(3)21(26)4/h10-17,19-21,26H,5-9,18H2,1-4H3. The fraction of sp³-hybridized carbons (Fsp3) is 0.538. The van der Waals surface area contributed by atoms with Crippen molar-refractivity contribution in [2.45, 2.75) is 76.7 Å². The Morgan fingerprint density at radius 2 is 1.34 bits per heavy atom. The SMILES string of the molecule is CC1CCCC(c2ccc(CCc3ccc(CS(=O)(=O)C(C)C)cc3)cc2)C1C. The Hall–Kier alpha value is -1.61. The lowest BCUT2D eigenvalue weighted by Gasteiger charge is -2.34. The number of aryl methyl sites for hydroxylation is 2. The Labute approximate surface area is 177 Å². The summed E-state index contributed by atoms with van der Waals surface area (Å²) in [7, 11) is -3.04. The summed E-state index contributed by atoms with van der Waals surface area (Å²) in [6.07, 6.45) is 6.04. The molecule has 158 valence electrons. The van der Waals surface area contributed by atoms with Gasteiger partial charge in [-0.1, -0.05) is 75.2 Å². The van der Waals surface area contributed by atoms with Crippen molar-refractivity contribution in [1.82, 2.24) is 0 Å². The molecule has 1 fully saturated rings. The Balaban J connectivity index is 1.56. The predicted molar refractivity (Wildman–Crippen MR) is 123 cm³/mol. The first kappa shape index (κ1) is 22.1. The van der Waals surface area contributed by atoms with Crippen LogP contribution in [0.25, 0.3) is 0 Å². The van der Waals surface area contributed by atoms with Crippen molar-refractivity contribution in [3.8, 4) is 0 Å². The van der Waals surface area contributed by atoms with Gasteiger partial charge in [0, 0.05) is 0 Å². The van der Waals surface area contributed by atoms with Gasteiger partial charge in [0.05, 0.1) is 11.0 Å². The maximum absolute atomic E-state index is 12.1. The van der Waals surface area contributed by atoms with Gasteiger partial charge in [0.25, 0.3) is 0 Å². The fourth-order valence-electron chi connectivity index (χ4n) is 4.47. The number of hydrogen-bond acceptors (Lipinski definition) is 2. The first-order valence-corrected chi connectivity index (χ1v) is 12.9. The van der Waals surface area contributed by atoms with Gasteiger partial charge in [-0.05, 0) is 73.1 Å². The summed E-state index contributed by atoms with van der Waals surface area (Å²) in [5.74, 6) is 2.44. The molecule has 2 aromatic rings. The van der Waals surface area contributed by atoms with Crippen LogP contribution in [0.3, 0.4) is 0 Å². The zero-order valence-corrected chi connectivity index (χ0v) is 19.2. The van der Waals surface area contributed by atoms with Crippen molar-refractivity contribution in [1.29, 1.82) is 0 Å². The van der Waals surface area contributed by atoms with Crippen LogP contribution in [-0.2, 0) is 28.4 Å². The molecule has 0 N–H and O–H groups in total. The maximum atomic E-state index is 12.1. The smallest absolute Gasteiger partial charge is 0.156 e. The number of benzene rings is 2. The third-order valence-corrected chi connectivity index (χ3v) is 9.10. The van der Waals surface area contributed by atoms with Gasteiger partial charge >= 0.3 is 0 Å². The molecule has 0 aromatic heterocycles. The van der Waals surface area contributed by atoms with Crippen molar-refractivity contribution in [2.24, 2.45) is 11.8 Å². The molecule has 0 radical (unpaired) electrons. The topological polar surface area (TPSA) is 34.1 Å². The third kappa shape index (κ3) is 5.72. The normalized spacial score (nSPS) is 22.7. The van der Waals surface area contributed by atoms with E-state index in [1.54, 1.807) is 13.8 Å². The van der Waals surface area contributed by atoms with Gasteiger partial charge in [-0.3, -0.25) is 0 Å². The van der Waals surface area contributed by atoms with Crippen molar-refractivity contribution in [3.05, 3.63) is 70.8 Å². The molecule has 0 aliphatic heterocycles. The highest BCUT2D eigenvalue weighted by Crippen LogP contribution is 2.40. The van der Waals surface area contributed by atoms with Crippen molar-refractivity contribution < 1.29 is 8.42 Å². The monoisotopic (exact) mass is 412 g/mol. The molecule has 1 aliphatic carbocycles. The lowest BCUT2D eigenvalue weighted by Crippen LogP contribution is -2.22. The molecule has 1 saturated carbocycles. The quantitative estimate of drug-likeness (QED) is 0.532. The predicted octanol–water partition coefficient (Wildman–Crippen LogP) is 6.33. The third-order valence-electron chi connectivity index (χ3n) is 6.93. The zero-order valence-electron chi connectivity index (χ0n) is 18.4. The highest BCUT2D eigenvalue weighted by molar-refractivity contribution is 7.91. The van der Waals surface area contributed by atoms with Gasteiger partial charge in [-0.15, -0.1) is 0 Å². The molecule has 2 nitrogen and oxygen atoms in total. The van der Waals surface area contributed by atoms with E-state index in [1.807, 2.05) is 12.1 Å². The molecule has 3 unspecified atom stereocenters. The van der Waals surface area contributed by atoms with E-state index in [0.717, 1.165) is 30.2 Å². The minimum atomic E-state index is -3.04. The van der Waals surface area contributed by atoms with E-state index in [4.69, 9.17) is 0 Å². The Kier molecular flexibility index (Phi) is 7.21. The van der Waals surface area contributed by atoms with Gasteiger partial charge in [0.2, 0.25) is 0 Å². The average Bonchev–Trinajstić information content (AvgIpc) is 2.70. The fourth-order valence-corrected chi connectivity index (χ4v) is 5.46. The summed E-state index contributed by atoms with van der Waals surface area (Å²) in [4.78, 5) is 0. The molecular formula is C26H36O2S. The summed E-state index contributed by atoms with van der Waals surface area (Å²) >= 11 is 0. The zero-order chi connectivity index (χ0) is 21.0. The number of sulfone groups is 1. The summed E-state index contributed by atoms with van der Waals surface area (Å²) in [5.41, 5.74) is 5.01. The molecule has 0 heterocycles. The van der Waals surface area contributed by atoms with Crippen LogP contribution in [0.5, 0.6) is 0 Å². The highest BCUT2D eigenvalue weighted by atomic mass is 32.2. The Morgan fingerprint density at radius 3 is 1.90 bits per heavy atom. The average molecular weight is 413 g/mol. The molecule has 29 heavy (non-hydrogen) atoms. The van der Waals surface area contributed by atoms with Gasteiger partial charge in [-0.25, -0.2) is 8.42 Å². The van der Waals surface area contributed by atoms with E-state index in [1.165, 1.54) is 36.0 Å². The molecule has 3 heteroatoms. The molecule has 0 saturated heterocycles. The molecule has 1 aliphatic rings. The van der Waals surface area contributed by atoms with E-state index in [-0.39, 0.29) is 11.0 Å². The molecule has 3 atom stereocenters. The van der Waals surface area contributed by atoms with Crippen LogP contribution in [0.4, 0.5) is 0 Å². The molecule has 3 rings (SSSR count). The Bertz CT molecular complexity index is 879. The van der Waals surface area contributed by atoms with Crippen LogP contribution >= 0.6 is 0 Å². The van der Waals surface area contributed by atoms with Gasteiger partial charge in [0.1, 0.15) is 0 Å². The van der Waals surface area contributed by atoms with Gasteiger partial charge in [0.15, 0.2) is 9.84 Å². The van der Waals surface area contributed by atoms with Crippen LogP contribution in [0.2, 0.25) is 0 Å². The molecule has 0 bridgehead atoms. The van der Waals surface area contributed by atoms with Gasteiger partial charge in [-0.2, -0.15) is 0 Å². The minimum absolute atomic E-state index is 0.130. The van der Waals surface area contributed by atoms with Crippen molar-refractivity contribution in [3.63, 3.8) is 0 Å². The van der Waals surface area contributed by atoms with E-state index < -0.39 is 9.84 Å². The second kappa shape index (κ2) is 9.47. The number of rotatable bonds is 7. The second-order valence-electron chi connectivity index (χ2n) is 9.29. The minimum Gasteiger partial charge on any atom is -0.228 e. The van der Waals surface area contributed by atoms with Crippen LogP contribution in [0.15, 0.2) is 48.5 Å². The van der Waals surface area contributed by atoms with E-state index >= 15 is 0 Å². The largest absolute Gasteiger partial charge is 0.228 e. The van der Waals surface area contributed by atoms with E-state index in [2.05, 4.69) is 50.2 Å². The lowest BCUT2D eigenvalue weighted by atomic mass is 9.71. The summed E-state index contributed by atoms with van der Waals surface area (Å²) in [6, 6.07) is 17.3. The lowest BCUT2D eigenvalue weighted by molar-refractivity contribution is 0.238. The van der Waals surface area contributed by atoms with E-state index in [9.17, 15) is 8.42 Å². The molecule has 0 spiro atoms. The van der Waals surface area contributed by atoms with Crippen molar-refractivity contribution in [2.75, 3.05) is 0 Å². The van der Waals surface area contributed by atoms with Crippen LogP contribution in [0, 0.1) is 11.8 Å². The highest BCUT2D eigenvalue weighted by Gasteiger charge is 2.27. The van der Waals surface area contributed by atoms with Crippen molar-refractivity contribution >= 4 is 9.84 Å². The van der Waals surface area contributed by atoms with Crippen LogP contribution in [0.1, 0.15) is 75.1 Å². The maximum Gasteiger partial charge on any atom is 0.156 e. The first-order chi connectivity index (χ1) is 13.8. The summed E-state index contributed by atoms with van der Waals surface area (Å²) < 4.78 is 24.2. The second-order valence-corrected chi connectivity index (χ2v) is 11.8. The summed E-state index contributed by atoms with van der Waals surface area (Å²) in [5, 5.41) is -0.329.